The number of ether oxygens (including phenoxy) is 1. The molecular weight excluding hydrogens is 505 g/mol. The van der Waals surface area contributed by atoms with E-state index in [4.69, 9.17) is 9.15 Å². The SMILES string of the molecule is CCOC(=O)N1CCN(c2ccc(CC(=O)c3oc(N4CCC(F)(F)CC4)nc3C(F)(F)F)cn2)CC1. The van der Waals surface area contributed by atoms with Gasteiger partial charge in [0, 0.05) is 64.7 Å². The second-order valence-corrected chi connectivity index (χ2v) is 8.81. The Hall–Kier alpha value is -3.45. The van der Waals surface area contributed by atoms with Gasteiger partial charge in [-0.05, 0) is 18.6 Å². The highest BCUT2D eigenvalue weighted by atomic mass is 19.4. The van der Waals surface area contributed by atoms with Crippen LogP contribution in [0, 0.1) is 0 Å². The van der Waals surface area contributed by atoms with Crippen LogP contribution in [0.5, 0.6) is 0 Å². The number of carbonyl (C=O) groups excluding carboxylic acids is 2. The molecule has 0 aliphatic carbocycles. The van der Waals surface area contributed by atoms with Crippen LogP contribution in [0.4, 0.5) is 38.6 Å². The van der Waals surface area contributed by atoms with Crippen molar-refractivity contribution in [3.63, 3.8) is 0 Å². The fourth-order valence-electron chi connectivity index (χ4n) is 4.16. The second-order valence-electron chi connectivity index (χ2n) is 8.81. The van der Waals surface area contributed by atoms with Crippen LogP contribution < -0.4 is 9.80 Å². The summed E-state index contributed by atoms with van der Waals surface area (Å²) in [7, 11) is 0. The molecule has 4 rings (SSSR count). The maximum atomic E-state index is 13.6. The Balaban J connectivity index is 1.42. The van der Waals surface area contributed by atoms with Crippen LogP contribution in [0.3, 0.4) is 0 Å². The van der Waals surface area contributed by atoms with E-state index in [1.165, 1.54) is 11.1 Å². The van der Waals surface area contributed by atoms with Crippen molar-refractivity contribution in [3.05, 3.63) is 35.3 Å². The third-order valence-electron chi connectivity index (χ3n) is 6.21. The van der Waals surface area contributed by atoms with Crippen LogP contribution in [0.15, 0.2) is 22.7 Å². The molecule has 2 aromatic rings. The van der Waals surface area contributed by atoms with E-state index in [0.29, 0.717) is 37.6 Å². The van der Waals surface area contributed by atoms with Crippen molar-refractivity contribution < 1.29 is 40.7 Å². The molecule has 2 aliphatic heterocycles. The molecule has 2 aromatic heterocycles. The van der Waals surface area contributed by atoms with Gasteiger partial charge in [0.15, 0.2) is 5.69 Å². The van der Waals surface area contributed by atoms with Crippen molar-refractivity contribution in [2.45, 2.75) is 38.3 Å². The Morgan fingerprint density at radius 1 is 1.05 bits per heavy atom. The normalized spacial score (nSPS) is 18.2. The Bertz CT molecular complexity index is 1100. The van der Waals surface area contributed by atoms with Gasteiger partial charge in [-0.25, -0.2) is 18.6 Å². The highest BCUT2D eigenvalue weighted by Gasteiger charge is 2.43. The first-order chi connectivity index (χ1) is 17.5. The van der Waals surface area contributed by atoms with Crippen molar-refractivity contribution >= 4 is 23.7 Å². The number of pyridine rings is 1. The molecule has 0 atom stereocenters. The van der Waals surface area contributed by atoms with Gasteiger partial charge in [0.1, 0.15) is 5.82 Å². The molecule has 2 aliphatic rings. The number of alkyl halides is 5. The van der Waals surface area contributed by atoms with Crippen molar-refractivity contribution in [1.29, 1.82) is 0 Å². The predicted octanol–water partition coefficient (Wildman–Crippen LogP) is 4.03. The molecule has 0 saturated carbocycles. The Labute approximate surface area is 209 Å². The lowest BCUT2D eigenvalue weighted by atomic mass is 10.1. The zero-order valence-corrected chi connectivity index (χ0v) is 20.1. The van der Waals surface area contributed by atoms with E-state index in [2.05, 4.69) is 9.97 Å². The first-order valence-electron chi connectivity index (χ1n) is 11.8. The summed E-state index contributed by atoms with van der Waals surface area (Å²) in [5, 5.41) is 0. The van der Waals surface area contributed by atoms with E-state index in [9.17, 15) is 31.5 Å². The van der Waals surface area contributed by atoms with Gasteiger partial charge in [0.25, 0.3) is 11.9 Å². The quantitative estimate of drug-likeness (QED) is 0.408. The molecule has 0 bridgehead atoms. The molecule has 0 radical (unpaired) electrons. The summed E-state index contributed by atoms with van der Waals surface area (Å²) >= 11 is 0. The summed E-state index contributed by atoms with van der Waals surface area (Å²) in [4.78, 5) is 37.0. The summed E-state index contributed by atoms with van der Waals surface area (Å²) in [6.45, 7) is 3.47. The molecule has 37 heavy (non-hydrogen) atoms. The number of carbonyl (C=O) groups is 2. The fourth-order valence-corrected chi connectivity index (χ4v) is 4.16. The minimum atomic E-state index is -4.96. The fraction of sp³-hybridized carbons (Fsp3) is 0.565. The van der Waals surface area contributed by atoms with Crippen LogP contribution >= 0.6 is 0 Å². The van der Waals surface area contributed by atoms with Crippen LogP contribution in [0.25, 0.3) is 0 Å². The average molecular weight is 531 g/mol. The number of hydrogen-bond acceptors (Lipinski definition) is 8. The van der Waals surface area contributed by atoms with Gasteiger partial charge in [-0.1, -0.05) is 6.07 Å². The number of piperidine rings is 1. The van der Waals surface area contributed by atoms with Gasteiger partial charge in [-0.3, -0.25) is 4.79 Å². The Morgan fingerprint density at radius 3 is 2.30 bits per heavy atom. The zero-order chi connectivity index (χ0) is 26.8. The van der Waals surface area contributed by atoms with Gasteiger partial charge in [0.2, 0.25) is 11.5 Å². The van der Waals surface area contributed by atoms with E-state index in [0.717, 1.165) is 0 Å². The third kappa shape index (κ3) is 6.28. The van der Waals surface area contributed by atoms with E-state index in [-0.39, 0.29) is 25.8 Å². The molecule has 2 saturated heterocycles. The molecule has 202 valence electrons. The number of aromatic nitrogens is 2. The monoisotopic (exact) mass is 531 g/mol. The number of hydrogen-bond donors (Lipinski definition) is 0. The van der Waals surface area contributed by atoms with Crippen molar-refractivity contribution in [3.8, 4) is 0 Å². The highest BCUT2D eigenvalue weighted by Crippen LogP contribution is 2.36. The molecule has 0 N–H and O–H groups in total. The van der Waals surface area contributed by atoms with Crippen LogP contribution in [-0.2, 0) is 17.3 Å². The maximum Gasteiger partial charge on any atom is 0.437 e. The number of anilines is 2. The summed E-state index contributed by atoms with van der Waals surface area (Å²) in [6.07, 6.45) is -5.45. The summed E-state index contributed by atoms with van der Waals surface area (Å²) < 4.78 is 77.7. The number of amides is 1. The lowest BCUT2D eigenvalue weighted by Gasteiger charge is -2.34. The van der Waals surface area contributed by atoms with Gasteiger partial charge in [0.05, 0.1) is 6.61 Å². The highest BCUT2D eigenvalue weighted by molar-refractivity contribution is 5.96. The van der Waals surface area contributed by atoms with E-state index < -0.39 is 54.6 Å². The number of ketones is 1. The number of piperazine rings is 1. The Kier molecular flexibility index (Phi) is 7.55. The van der Waals surface area contributed by atoms with Crippen molar-refractivity contribution in [2.24, 2.45) is 0 Å². The number of nitrogens with zero attached hydrogens (tertiary/aromatic N) is 5. The van der Waals surface area contributed by atoms with Gasteiger partial charge < -0.3 is 23.9 Å². The minimum Gasteiger partial charge on any atom is -0.450 e. The van der Waals surface area contributed by atoms with Gasteiger partial charge >= 0.3 is 12.3 Å². The smallest absolute Gasteiger partial charge is 0.437 e. The number of Topliss-reactive ketones (excluding diaryl/α,β-unsaturated/α-hetero) is 1. The van der Waals surface area contributed by atoms with Gasteiger partial charge in [-0.15, -0.1) is 0 Å². The van der Waals surface area contributed by atoms with E-state index in [1.807, 2.05) is 4.90 Å². The molecule has 9 nitrogen and oxygen atoms in total. The van der Waals surface area contributed by atoms with E-state index >= 15 is 0 Å². The number of oxazole rings is 1. The number of halogens is 5. The minimum absolute atomic E-state index is 0.238. The average Bonchev–Trinajstić information content (AvgIpc) is 3.31. The molecule has 2 fully saturated rings. The largest absolute Gasteiger partial charge is 0.450 e. The molecule has 14 heteroatoms. The molecule has 0 spiro atoms. The Morgan fingerprint density at radius 2 is 1.73 bits per heavy atom. The predicted molar refractivity (Wildman–Crippen MR) is 121 cm³/mol. The van der Waals surface area contributed by atoms with Gasteiger partial charge in [-0.2, -0.15) is 18.2 Å². The molecule has 1 amide bonds. The topological polar surface area (TPSA) is 92.0 Å². The van der Waals surface area contributed by atoms with Crippen molar-refractivity contribution in [1.82, 2.24) is 14.9 Å². The van der Waals surface area contributed by atoms with Crippen LogP contribution in [0.2, 0.25) is 0 Å². The zero-order valence-electron chi connectivity index (χ0n) is 20.1. The van der Waals surface area contributed by atoms with Crippen molar-refractivity contribution in [2.75, 3.05) is 55.7 Å². The molecular formula is C23H26F5N5O4. The van der Waals surface area contributed by atoms with Crippen LogP contribution in [0.1, 0.15) is 41.6 Å². The third-order valence-corrected chi connectivity index (χ3v) is 6.21. The summed E-state index contributed by atoms with van der Waals surface area (Å²) in [5.74, 6) is -4.22. The number of rotatable bonds is 6. The first kappa shape index (κ1) is 26.6. The maximum absolute atomic E-state index is 13.6. The summed E-state index contributed by atoms with van der Waals surface area (Å²) in [5.41, 5.74) is -1.11. The van der Waals surface area contributed by atoms with Crippen LogP contribution in [-0.4, -0.2) is 78.5 Å². The molecule has 0 aromatic carbocycles. The standard InChI is InChI=1S/C23H26F5N5O4/c1-2-36-21(35)33-11-9-31(10-12-33)17-4-3-15(14-29-17)13-16(34)18-19(23(26,27)28)30-20(37-18)32-7-5-22(24,25)6-8-32/h3-4,14H,2,5-13H2,1H3. The lowest BCUT2D eigenvalue weighted by molar-refractivity contribution is -0.141. The first-order valence-corrected chi connectivity index (χ1v) is 11.8. The molecule has 0 unspecified atom stereocenters. The second kappa shape index (κ2) is 10.5. The lowest BCUT2D eigenvalue weighted by Crippen LogP contribution is -2.49. The summed E-state index contributed by atoms with van der Waals surface area (Å²) in [6, 6.07) is 2.73. The molecule has 4 heterocycles. The van der Waals surface area contributed by atoms with E-state index in [1.54, 1.807) is 24.0 Å².